The summed E-state index contributed by atoms with van der Waals surface area (Å²) in [5, 5.41) is 0. The van der Waals surface area contributed by atoms with Crippen molar-refractivity contribution in [3.05, 3.63) is 0 Å². The summed E-state index contributed by atoms with van der Waals surface area (Å²) in [7, 11) is 0. The van der Waals surface area contributed by atoms with Crippen molar-refractivity contribution in [3.8, 4) is 0 Å². The van der Waals surface area contributed by atoms with Gasteiger partial charge in [-0.05, 0) is 38.5 Å². The smallest absolute Gasteiger partial charge is 0.132 e. The van der Waals surface area contributed by atoms with Crippen LogP contribution in [0.15, 0.2) is 0 Å². The van der Waals surface area contributed by atoms with Gasteiger partial charge >= 0.3 is 0 Å². The molecule has 0 aromatic carbocycles. The lowest BCUT2D eigenvalue weighted by Gasteiger charge is -2.05. The van der Waals surface area contributed by atoms with Gasteiger partial charge in [0.2, 0.25) is 0 Å². The van der Waals surface area contributed by atoms with Crippen LogP contribution in [-0.4, -0.2) is 32.2 Å². The maximum atomic E-state index is 11.9. The summed E-state index contributed by atoms with van der Waals surface area (Å²) >= 11 is 0. The number of unbranched alkanes of at least 4 members (excludes halogenated alkanes) is 11. The van der Waals surface area contributed by atoms with Crippen molar-refractivity contribution in [2.45, 2.75) is 123 Å². The minimum Gasteiger partial charge on any atom is -0.381 e. The van der Waals surface area contributed by atoms with Gasteiger partial charge in [-0.3, -0.25) is 4.79 Å². The molecule has 0 atom stereocenters. The highest BCUT2D eigenvalue weighted by atomic mass is 16.5. The quantitative estimate of drug-likeness (QED) is 0.174. The lowest BCUT2D eigenvalue weighted by Crippen LogP contribution is -1.99. The van der Waals surface area contributed by atoms with E-state index in [1.54, 1.807) is 0 Å². The van der Waals surface area contributed by atoms with Gasteiger partial charge in [0, 0.05) is 39.3 Å². The second kappa shape index (κ2) is 23.6. The third-order valence-electron chi connectivity index (χ3n) is 5.02. The average molecular weight is 385 g/mol. The predicted molar refractivity (Wildman–Crippen MR) is 116 cm³/mol. The molecule has 0 rings (SSSR count). The predicted octanol–water partition coefficient (Wildman–Crippen LogP) is 7.26. The van der Waals surface area contributed by atoms with Gasteiger partial charge in [0.1, 0.15) is 5.78 Å². The molecule has 0 heterocycles. The lowest BCUT2D eigenvalue weighted by atomic mass is 10.0. The maximum Gasteiger partial charge on any atom is 0.132 e. The van der Waals surface area contributed by atoms with Gasteiger partial charge in [-0.2, -0.15) is 0 Å². The first-order chi connectivity index (χ1) is 13.3. The van der Waals surface area contributed by atoms with Gasteiger partial charge in [0.05, 0.1) is 0 Å². The monoisotopic (exact) mass is 384 g/mol. The molecule has 0 N–H and O–H groups in total. The standard InChI is InChI=1S/C24H48O3/c1-3-5-20-26-22-16-12-10-8-7-9-11-14-18-24(25)19-15-13-17-23-27-21-6-4-2/h3-23H2,1-2H3. The number of carbonyl (C=O) groups excluding carboxylic acids is 1. The van der Waals surface area contributed by atoms with E-state index in [1.807, 2.05) is 0 Å². The van der Waals surface area contributed by atoms with Crippen LogP contribution >= 0.6 is 0 Å². The summed E-state index contributed by atoms with van der Waals surface area (Å²) in [4.78, 5) is 11.9. The Morgan fingerprint density at radius 1 is 0.481 bits per heavy atom. The van der Waals surface area contributed by atoms with Crippen molar-refractivity contribution in [2.75, 3.05) is 26.4 Å². The minimum absolute atomic E-state index is 0.463. The molecule has 0 saturated carbocycles. The van der Waals surface area contributed by atoms with E-state index in [0.717, 1.165) is 71.4 Å². The fraction of sp³-hybridized carbons (Fsp3) is 0.958. The minimum atomic E-state index is 0.463. The highest BCUT2D eigenvalue weighted by Gasteiger charge is 2.02. The Morgan fingerprint density at radius 2 is 0.815 bits per heavy atom. The Labute approximate surface area is 170 Å². The largest absolute Gasteiger partial charge is 0.381 e. The second-order valence-corrected chi connectivity index (χ2v) is 7.86. The fourth-order valence-corrected chi connectivity index (χ4v) is 3.11. The molecule has 27 heavy (non-hydrogen) atoms. The van der Waals surface area contributed by atoms with Crippen molar-refractivity contribution >= 4 is 5.78 Å². The number of rotatable bonds is 23. The van der Waals surface area contributed by atoms with Crippen LogP contribution in [0.3, 0.4) is 0 Å². The molecule has 0 aliphatic rings. The molecule has 0 spiro atoms. The van der Waals surface area contributed by atoms with Crippen molar-refractivity contribution in [1.29, 1.82) is 0 Å². The van der Waals surface area contributed by atoms with E-state index in [-0.39, 0.29) is 0 Å². The van der Waals surface area contributed by atoms with Crippen molar-refractivity contribution < 1.29 is 14.3 Å². The Bertz CT molecular complexity index is 291. The normalized spacial score (nSPS) is 11.2. The summed E-state index contributed by atoms with van der Waals surface area (Å²) in [6, 6.07) is 0. The van der Waals surface area contributed by atoms with Crippen LogP contribution in [0.4, 0.5) is 0 Å². The zero-order valence-corrected chi connectivity index (χ0v) is 18.6. The molecule has 162 valence electrons. The summed E-state index contributed by atoms with van der Waals surface area (Å²) in [6.45, 7) is 8.01. The first kappa shape index (κ1) is 26.6. The number of hydrogen-bond donors (Lipinski definition) is 0. The average Bonchev–Trinajstić information content (AvgIpc) is 2.67. The molecule has 0 amide bonds. The van der Waals surface area contributed by atoms with Crippen LogP contribution < -0.4 is 0 Å². The van der Waals surface area contributed by atoms with Crippen LogP contribution in [0.2, 0.25) is 0 Å². The molecule has 0 fully saturated rings. The van der Waals surface area contributed by atoms with E-state index in [9.17, 15) is 4.79 Å². The van der Waals surface area contributed by atoms with Crippen LogP contribution in [0.1, 0.15) is 123 Å². The summed E-state index contributed by atoms with van der Waals surface area (Å²) < 4.78 is 11.1. The molecule has 0 radical (unpaired) electrons. The van der Waals surface area contributed by atoms with Crippen LogP contribution in [0, 0.1) is 0 Å². The van der Waals surface area contributed by atoms with Gasteiger partial charge in [0.25, 0.3) is 0 Å². The highest BCUT2D eigenvalue weighted by molar-refractivity contribution is 5.78. The van der Waals surface area contributed by atoms with Crippen molar-refractivity contribution in [1.82, 2.24) is 0 Å². The summed E-state index contributed by atoms with van der Waals surface area (Å²) in [6.07, 6.45) is 19.7. The van der Waals surface area contributed by atoms with E-state index >= 15 is 0 Å². The van der Waals surface area contributed by atoms with Crippen LogP contribution in [-0.2, 0) is 14.3 Å². The molecular formula is C24H48O3. The van der Waals surface area contributed by atoms with Crippen molar-refractivity contribution in [2.24, 2.45) is 0 Å². The molecule has 0 aromatic rings. The van der Waals surface area contributed by atoms with Gasteiger partial charge in [-0.25, -0.2) is 0 Å². The third kappa shape index (κ3) is 23.6. The summed E-state index contributed by atoms with van der Waals surface area (Å²) in [5.41, 5.74) is 0. The number of ketones is 1. The number of carbonyl (C=O) groups is 1. The zero-order valence-electron chi connectivity index (χ0n) is 18.6. The Morgan fingerprint density at radius 3 is 1.26 bits per heavy atom. The van der Waals surface area contributed by atoms with Crippen LogP contribution in [0.25, 0.3) is 0 Å². The Balaban J connectivity index is 3.12. The Hall–Kier alpha value is -0.410. The molecule has 3 nitrogen and oxygen atoms in total. The Kier molecular flexibility index (Phi) is 23.3. The highest BCUT2D eigenvalue weighted by Crippen LogP contribution is 2.11. The first-order valence-electron chi connectivity index (χ1n) is 12.0. The number of ether oxygens (including phenoxy) is 2. The number of hydrogen-bond acceptors (Lipinski definition) is 3. The first-order valence-corrected chi connectivity index (χ1v) is 12.0. The number of Topliss-reactive ketones (excluding diaryl/α,β-unsaturated/α-hetero) is 1. The maximum absolute atomic E-state index is 11.9. The van der Waals surface area contributed by atoms with Gasteiger partial charge < -0.3 is 9.47 Å². The SMILES string of the molecule is CCCCOCCCCCCCCCCC(=O)CCCCCOCCCC. The van der Waals surface area contributed by atoms with E-state index < -0.39 is 0 Å². The molecule has 0 unspecified atom stereocenters. The van der Waals surface area contributed by atoms with Gasteiger partial charge in [0.15, 0.2) is 0 Å². The molecule has 0 bridgehead atoms. The molecule has 0 aromatic heterocycles. The van der Waals surface area contributed by atoms with Crippen LogP contribution in [0.5, 0.6) is 0 Å². The van der Waals surface area contributed by atoms with Gasteiger partial charge in [-0.1, -0.05) is 71.6 Å². The van der Waals surface area contributed by atoms with E-state index in [1.165, 1.54) is 64.2 Å². The van der Waals surface area contributed by atoms with Crippen molar-refractivity contribution in [3.63, 3.8) is 0 Å². The molecule has 0 saturated heterocycles. The molecule has 3 heteroatoms. The topological polar surface area (TPSA) is 35.5 Å². The second-order valence-electron chi connectivity index (χ2n) is 7.86. The van der Waals surface area contributed by atoms with E-state index in [0.29, 0.717) is 5.78 Å². The zero-order chi connectivity index (χ0) is 19.8. The van der Waals surface area contributed by atoms with E-state index in [2.05, 4.69) is 13.8 Å². The molecular weight excluding hydrogens is 336 g/mol. The summed E-state index contributed by atoms with van der Waals surface area (Å²) in [5.74, 6) is 0.463. The molecule has 0 aliphatic carbocycles. The van der Waals surface area contributed by atoms with E-state index in [4.69, 9.17) is 9.47 Å². The molecule has 0 aliphatic heterocycles. The fourth-order valence-electron chi connectivity index (χ4n) is 3.11. The lowest BCUT2D eigenvalue weighted by molar-refractivity contribution is -0.119. The third-order valence-corrected chi connectivity index (χ3v) is 5.02. The van der Waals surface area contributed by atoms with Gasteiger partial charge in [-0.15, -0.1) is 0 Å².